The molecule has 0 spiro atoms. The molecule has 10 aromatic rings. The largest absolute Gasteiger partial charge is 0.268 e. The molecule has 2 heterocycles. The van der Waals surface area contributed by atoms with Gasteiger partial charge in [0.05, 0.1) is 11.0 Å². The molecule has 0 aliphatic carbocycles. The highest BCUT2D eigenvalue weighted by molar-refractivity contribution is 6.23. The van der Waals surface area contributed by atoms with E-state index in [2.05, 4.69) is 144 Å². The Morgan fingerprint density at radius 2 is 1.04 bits per heavy atom. The van der Waals surface area contributed by atoms with E-state index in [1.165, 1.54) is 49.0 Å². The fourth-order valence-corrected chi connectivity index (χ4v) is 7.37. The quantitative estimate of drug-likeness (QED) is 0.190. The number of aromatic nitrogens is 3. The van der Waals surface area contributed by atoms with Crippen LogP contribution in [-0.4, -0.2) is 14.4 Å². The van der Waals surface area contributed by atoms with Crippen molar-refractivity contribution in [2.24, 2.45) is 0 Å². The van der Waals surface area contributed by atoms with E-state index in [1.54, 1.807) is 0 Å². The molecule has 3 heteroatoms. The van der Waals surface area contributed by atoms with Gasteiger partial charge in [-0.25, -0.2) is 9.97 Å². The molecule has 0 amide bonds. The van der Waals surface area contributed by atoms with Crippen molar-refractivity contribution in [3.63, 3.8) is 0 Å². The van der Waals surface area contributed by atoms with Gasteiger partial charge in [-0.2, -0.15) is 0 Å². The topological polar surface area (TPSA) is 30.2 Å². The lowest BCUT2D eigenvalue weighted by Gasteiger charge is -2.19. The lowest BCUT2D eigenvalue weighted by atomic mass is 9.84. The first kappa shape index (κ1) is 25.8. The maximum Gasteiger partial charge on any atom is 0.149 e. The Balaban J connectivity index is 1.22. The van der Waals surface area contributed by atoms with Crippen molar-refractivity contribution in [3.05, 3.63) is 164 Å². The Morgan fingerprint density at radius 1 is 0.447 bits per heavy atom. The van der Waals surface area contributed by atoms with E-state index in [0.717, 1.165) is 44.5 Å². The van der Waals surface area contributed by atoms with Gasteiger partial charge in [0.2, 0.25) is 0 Å². The smallest absolute Gasteiger partial charge is 0.149 e. The number of hydrogen-bond acceptors (Lipinski definition) is 2. The molecule has 0 aliphatic rings. The van der Waals surface area contributed by atoms with Crippen molar-refractivity contribution >= 4 is 59.9 Å². The van der Waals surface area contributed by atoms with Gasteiger partial charge in [-0.3, -0.25) is 4.40 Å². The Labute approximate surface area is 271 Å². The molecule has 10 rings (SSSR count). The third-order valence-electron chi connectivity index (χ3n) is 9.42. The summed E-state index contributed by atoms with van der Waals surface area (Å²) in [4.78, 5) is 10.1. The Hall–Kier alpha value is -6.50. The van der Waals surface area contributed by atoms with Crippen LogP contribution >= 0.6 is 0 Å². The SMILES string of the molecule is c1ccc2nc3c4ccccc4nc(-c4ccc(-c5c6ccccc6c(-c6cccc7ccccc67)c6ccccc56)cc4)n3c2c#1. The molecule has 0 N–H and O–H groups in total. The van der Waals surface area contributed by atoms with Crippen LogP contribution in [0.15, 0.2) is 152 Å². The number of benzene rings is 7. The summed E-state index contributed by atoms with van der Waals surface area (Å²) in [5, 5.41) is 8.49. The van der Waals surface area contributed by atoms with Gasteiger partial charge in [0.15, 0.2) is 0 Å². The van der Waals surface area contributed by atoms with Crippen LogP contribution in [0.5, 0.6) is 0 Å². The molecule has 0 saturated heterocycles. The summed E-state index contributed by atoms with van der Waals surface area (Å²) < 4.78 is 2.12. The summed E-state index contributed by atoms with van der Waals surface area (Å²) in [5.41, 5.74) is 9.49. The second kappa shape index (κ2) is 10.0. The molecule has 0 atom stereocenters. The first-order chi connectivity index (χ1) is 23.3. The van der Waals surface area contributed by atoms with Gasteiger partial charge in [0.25, 0.3) is 0 Å². The van der Waals surface area contributed by atoms with Crippen LogP contribution in [-0.2, 0) is 0 Å². The van der Waals surface area contributed by atoms with Crippen molar-refractivity contribution in [2.75, 3.05) is 0 Å². The van der Waals surface area contributed by atoms with Crippen LogP contribution in [0.4, 0.5) is 0 Å². The molecule has 0 bridgehead atoms. The van der Waals surface area contributed by atoms with E-state index in [4.69, 9.17) is 9.97 Å². The van der Waals surface area contributed by atoms with Crippen molar-refractivity contribution in [1.29, 1.82) is 0 Å². The van der Waals surface area contributed by atoms with Gasteiger partial charge >= 0.3 is 0 Å². The summed E-state index contributed by atoms with van der Waals surface area (Å²) in [7, 11) is 0. The zero-order chi connectivity index (χ0) is 30.9. The minimum atomic E-state index is 0.838. The lowest BCUT2D eigenvalue weighted by molar-refractivity contribution is 1.16. The summed E-state index contributed by atoms with van der Waals surface area (Å²) in [6.07, 6.45) is 0. The van der Waals surface area contributed by atoms with Gasteiger partial charge in [-0.15, -0.1) is 0 Å². The van der Waals surface area contributed by atoms with E-state index in [-0.39, 0.29) is 0 Å². The van der Waals surface area contributed by atoms with Crippen LogP contribution in [0.3, 0.4) is 0 Å². The molecule has 47 heavy (non-hydrogen) atoms. The maximum absolute atomic E-state index is 5.16. The van der Waals surface area contributed by atoms with Crippen molar-refractivity contribution in [3.8, 4) is 33.6 Å². The summed E-state index contributed by atoms with van der Waals surface area (Å²) >= 11 is 0. The first-order valence-corrected chi connectivity index (χ1v) is 15.9. The van der Waals surface area contributed by atoms with Gasteiger partial charge in [-0.1, -0.05) is 133 Å². The second-order valence-corrected chi connectivity index (χ2v) is 12.0. The molecule has 2 aromatic heterocycles. The fraction of sp³-hybridized carbons (Fsp3) is 0. The normalized spacial score (nSPS) is 11.7. The molecule has 0 fully saturated rings. The highest BCUT2D eigenvalue weighted by Gasteiger charge is 2.19. The van der Waals surface area contributed by atoms with E-state index in [1.807, 2.05) is 24.3 Å². The van der Waals surface area contributed by atoms with Crippen LogP contribution in [0.2, 0.25) is 0 Å². The number of nitrogens with zero attached hydrogens (tertiary/aromatic N) is 3. The third kappa shape index (κ3) is 3.83. The first-order valence-electron chi connectivity index (χ1n) is 15.9. The zero-order valence-electron chi connectivity index (χ0n) is 25.3. The summed E-state index contributed by atoms with van der Waals surface area (Å²) in [5.74, 6) is 0.838. The minimum absolute atomic E-state index is 0.838. The predicted octanol–water partition coefficient (Wildman–Crippen LogP) is 11.1. The second-order valence-electron chi connectivity index (χ2n) is 12.0. The minimum Gasteiger partial charge on any atom is -0.268 e. The Kier molecular flexibility index (Phi) is 5.49. The number of rotatable bonds is 3. The zero-order valence-corrected chi connectivity index (χ0v) is 25.3. The van der Waals surface area contributed by atoms with E-state index < -0.39 is 0 Å². The number of hydrogen-bond donors (Lipinski definition) is 0. The van der Waals surface area contributed by atoms with Crippen molar-refractivity contribution < 1.29 is 0 Å². The average Bonchev–Trinajstić information content (AvgIpc) is 3.54. The molecule has 8 aromatic carbocycles. The van der Waals surface area contributed by atoms with Crippen molar-refractivity contribution in [2.45, 2.75) is 0 Å². The predicted molar refractivity (Wildman–Crippen MR) is 194 cm³/mol. The highest BCUT2D eigenvalue weighted by atomic mass is 15.1. The molecule has 0 radical (unpaired) electrons. The number of imidazole rings is 1. The standard InChI is InChI=1S/C44H25N3/c1-2-14-31-28(12-1)13-11-20-32(31)42-35-17-5-3-15-33(35)41(34-16-4-6-18-36(34)42)29-24-26-30(27-25-29)43-45-38-21-8-7-19-37(38)44-46-39-22-9-10-23-40(39)47(43)44/h1-9,11-22,24-27H. The van der Waals surface area contributed by atoms with Gasteiger partial charge in [0, 0.05) is 10.9 Å². The van der Waals surface area contributed by atoms with E-state index >= 15 is 0 Å². The van der Waals surface area contributed by atoms with Gasteiger partial charge in [-0.05, 0) is 84.9 Å². The number of para-hydroxylation sites is 1. The van der Waals surface area contributed by atoms with E-state index in [9.17, 15) is 0 Å². The molecule has 0 unspecified atom stereocenters. The van der Waals surface area contributed by atoms with Gasteiger partial charge in [0.1, 0.15) is 17.0 Å². The molecular formula is C44H25N3. The van der Waals surface area contributed by atoms with Crippen LogP contribution in [0, 0.1) is 12.1 Å². The average molecular weight is 596 g/mol. The van der Waals surface area contributed by atoms with Crippen LogP contribution in [0.1, 0.15) is 0 Å². The highest BCUT2D eigenvalue weighted by Crippen LogP contribution is 2.45. The molecule has 0 saturated carbocycles. The fourth-order valence-electron chi connectivity index (χ4n) is 7.37. The Morgan fingerprint density at radius 3 is 1.79 bits per heavy atom. The molecule has 0 aliphatic heterocycles. The van der Waals surface area contributed by atoms with Crippen LogP contribution < -0.4 is 0 Å². The van der Waals surface area contributed by atoms with E-state index in [0.29, 0.717) is 0 Å². The lowest BCUT2D eigenvalue weighted by Crippen LogP contribution is -1.98. The molecule has 216 valence electrons. The third-order valence-corrected chi connectivity index (χ3v) is 9.42. The van der Waals surface area contributed by atoms with Crippen molar-refractivity contribution in [1.82, 2.24) is 14.4 Å². The summed E-state index contributed by atoms with van der Waals surface area (Å²) in [6.45, 7) is 0. The Bertz CT molecular complexity index is 2780. The monoisotopic (exact) mass is 595 g/mol. The van der Waals surface area contributed by atoms with Crippen LogP contribution in [0.25, 0.3) is 93.5 Å². The maximum atomic E-state index is 5.16. The van der Waals surface area contributed by atoms with Gasteiger partial charge < -0.3 is 0 Å². The molecular weight excluding hydrogens is 571 g/mol. The molecule has 3 nitrogen and oxygen atoms in total. The number of fused-ring (bicyclic) bond motifs is 8. The summed E-state index contributed by atoms with van der Waals surface area (Å²) in [6, 6.07) is 60.3.